The fourth-order valence-electron chi connectivity index (χ4n) is 1.32. The fraction of sp³-hybridized carbons (Fsp3) is 0.300. The van der Waals surface area contributed by atoms with Gasteiger partial charge in [-0.2, -0.15) is 0 Å². The van der Waals surface area contributed by atoms with Gasteiger partial charge in [0.25, 0.3) is 0 Å². The van der Waals surface area contributed by atoms with E-state index in [1.54, 1.807) is 12.1 Å². The molecule has 0 fully saturated rings. The number of halogens is 1. The molecule has 0 aliphatic heterocycles. The number of benzene rings is 1. The minimum Gasteiger partial charge on any atom is -0.478 e. The van der Waals surface area contributed by atoms with E-state index < -0.39 is 5.97 Å². The molecule has 0 atom stereocenters. The van der Waals surface area contributed by atoms with Crippen molar-refractivity contribution in [3.63, 3.8) is 0 Å². The van der Waals surface area contributed by atoms with Gasteiger partial charge in [0.1, 0.15) is 0 Å². The van der Waals surface area contributed by atoms with Crippen LogP contribution in [0.2, 0.25) is 0 Å². The number of aryl methyl sites for hydroxylation is 1. The average molecular weight is 199 g/mol. The lowest BCUT2D eigenvalue weighted by molar-refractivity contribution is 0.0696. The molecule has 0 spiro atoms. The SMILES string of the molecule is CCc1cccc(C(=O)O)c1CCl. The van der Waals surface area contributed by atoms with Gasteiger partial charge >= 0.3 is 5.97 Å². The summed E-state index contributed by atoms with van der Waals surface area (Å²) in [4.78, 5) is 10.8. The molecule has 0 saturated heterocycles. The lowest BCUT2D eigenvalue weighted by Crippen LogP contribution is -2.03. The molecular formula is C10H11ClO2. The van der Waals surface area contributed by atoms with Gasteiger partial charge in [-0.25, -0.2) is 4.79 Å². The van der Waals surface area contributed by atoms with Crippen molar-refractivity contribution in [2.75, 3.05) is 0 Å². The van der Waals surface area contributed by atoms with Crippen LogP contribution >= 0.6 is 11.6 Å². The molecule has 70 valence electrons. The van der Waals surface area contributed by atoms with Crippen molar-refractivity contribution >= 4 is 17.6 Å². The molecule has 1 aromatic rings. The zero-order valence-corrected chi connectivity index (χ0v) is 8.14. The molecule has 0 aromatic heterocycles. The molecule has 0 saturated carbocycles. The zero-order chi connectivity index (χ0) is 9.84. The molecule has 0 aliphatic carbocycles. The average Bonchev–Trinajstić information content (AvgIpc) is 2.16. The van der Waals surface area contributed by atoms with Gasteiger partial charge in [-0.3, -0.25) is 0 Å². The van der Waals surface area contributed by atoms with Crippen molar-refractivity contribution in [2.45, 2.75) is 19.2 Å². The summed E-state index contributed by atoms with van der Waals surface area (Å²) in [6.45, 7) is 1.98. The van der Waals surface area contributed by atoms with Crippen LogP contribution in [-0.4, -0.2) is 11.1 Å². The largest absolute Gasteiger partial charge is 0.478 e. The Morgan fingerprint density at radius 2 is 2.23 bits per heavy atom. The number of carbonyl (C=O) groups is 1. The third-order valence-electron chi connectivity index (χ3n) is 2.02. The lowest BCUT2D eigenvalue weighted by atomic mass is 10.0. The Morgan fingerprint density at radius 1 is 1.54 bits per heavy atom. The van der Waals surface area contributed by atoms with E-state index in [0.29, 0.717) is 5.56 Å². The molecule has 1 aromatic carbocycles. The van der Waals surface area contributed by atoms with Crippen LogP contribution in [0.15, 0.2) is 18.2 Å². The summed E-state index contributed by atoms with van der Waals surface area (Å²) in [7, 11) is 0. The number of aromatic carboxylic acids is 1. The molecule has 0 amide bonds. The van der Waals surface area contributed by atoms with E-state index in [9.17, 15) is 4.79 Å². The molecule has 1 rings (SSSR count). The normalized spacial score (nSPS) is 10.0. The summed E-state index contributed by atoms with van der Waals surface area (Å²) in [6, 6.07) is 5.24. The summed E-state index contributed by atoms with van der Waals surface area (Å²) in [5, 5.41) is 8.86. The molecule has 2 nitrogen and oxygen atoms in total. The van der Waals surface area contributed by atoms with Crippen LogP contribution in [0, 0.1) is 0 Å². The monoisotopic (exact) mass is 198 g/mol. The molecule has 1 N–H and O–H groups in total. The first-order valence-corrected chi connectivity index (χ1v) is 4.64. The van der Waals surface area contributed by atoms with Gasteiger partial charge in [-0.1, -0.05) is 19.1 Å². The highest BCUT2D eigenvalue weighted by atomic mass is 35.5. The van der Waals surface area contributed by atoms with Gasteiger partial charge in [-0.05, 0) is 23.6 Å². The Bertz CT molecular complexity index is 321. The second kappa shape index (κ2) is 4.28. The smallest absolute Gasteiger partial charge is 0.336 e. The van der Waals surface area contributed by atoms with E-state index in [-0.39, 0.29) is 5.88 Å². The maximum atomic E-state index is 10.8. The number of carboxylic acid groups (broad SMARTS) is 1. The van der Waals surface area contributed by atoms with Gasteiger partial charge in [0.2, 0.25) is 0 Å². The Balaban J connectivity index is 3.27. The summed E-state index contributed by atoms with van der Waals surface area (Å²) < 4.78 is 0. The highest BCUT2D eigenvalue weighted by Crippen LogP contribution is 2.17. The van der Waals surface area contributed by atoms with E-state index >= 15 is 0 Å². The van der Waals surface area contributed by atoms with E-state index in [1.807, 2.05) is 13.0 Å². The second-order valence-electron chi connectivity index (χ2n) is 2.74. The Labute approximate surface area is 82.2 Å². The minimum absolute atomic E-state index is 0.256. The maximum Gasteiger partial charge on any atom is 0.336 e. The Morgan fingerprint density at radius 3 is 2.69 bits per heavy atom. The highest BCUT2D eigenvalue weighted by molar-refractivity contribution is 6.17. The summed E-state index contributed by atoms with van der Waals surface area (Å²) in [6.07, 6.45) is 0.809. The van der Waals surface area contributed by atoms with Crippen molar-refractivity contribution in [2.24, 2.45) is 0 Å². The van der Waals surface area contributed by atoms with Crippen molar-refractivity contribution in [1.82, 2.24) is 0 Å². The molecular weight excluding hydrogens is 188 g/mol. The first-order chi connectivity index (χ1) is 6.20. The van der Waals surface area contributed by atoms with E-state index in [1.165, 1.54) is 0 Å². The quantitative estimate of drug-likeness (QED) is 0.759. The third-order valence-corrected chi connectivity index (χ3v) is 2.29. The van der Waals surface area contributed by atoms with E-state index in [2.05, 4.69) is 0 Å². The molecule has 0 heterocycles. The van der Waals surface area contributed by atoms with Gasteiger partial charge in [-0.15, -0.1) is 11.6 Å². The third kappa shape index (κ3) is 2.01. The van der Waals surface area contributed by atoms with E-state index in [4.69, 9.17) is 16.7 Å². The number of carboxylic acids is 1. The zero-order valence-electron chi connectivity index (χ0n) is 7.38. The minimum atomic E-state index is -0.911. The van der Waals surface area contributed by atoms with Gasteiger partial charge in [0.15, 0.2) is 0 Å². The predicted molar refractivity (Wildman–Crippen MR) is 52.3 cm³/mol. The number of alkyl halides is 1. The molecule has 0 aliphatic rings. The van der Waals surface area contributed by atoms with Crippen LogP contribution in [-0.2, 0) is 12.3 Å². The Kier molecular flexibility index (Phi) is 3.32. The summed E-state index contributed by atoms with van der Waals surface area (Å²) in [5.74, 6) is -0.656. The molecule has 3 heteroatoms. The van der Waals surface area contributed by atoms with Gasteiger partial charge in [0, 0.05) is 5.88 Å². The predicted octanol–water partition coefficient (Wildman–Crippen LogP) is 2.69. The van der Waals surface area contributed by atoms with Crippen LogP contribution < -0.4 is 0 Å². The lowest BCUT2D eigenvalue weighted by Gasteiger charge is -2.07. The number of rotatable bonds is 3. The topological polar surface area (TPSA) is 37.3 Å². The molecule has 0 unspecified atom stereocenters. The Hall–Kier alpha value is -1.02. The second-order valence-corrected chi connectivity index (χ2v) is 3.00. The van der Waals surface area contributed by atoms with Crippen molar-refractivity contribution in [3.05, 3.63) is 34.9 Å². The van der Waals surface area contributed by atoms with Crippen LogP contribution in [0.1, 0.15) is 28.4 Å². The molecule has 13 heavy (non-hydrogen) atoms. The fourth-order valence-corrected chi connectivity index (χ4v) is 1.64. The summed E-state index contributed by atoms with van der Waals surface area (Å²) in [5.41, 5.74) is 2.06. The molecule has 0 radical (unpaired) electrons. The van der Waals surface area contributed by atoms with Crippen LogP contribution in [0.5, 0.6) is 0 Å². The van der Waals surface area contributed by atoms with Crippen molar-refractivity contribution < 1.29 is 9.90 Å². The van der Waals surface area contributed by atoms with Gasteiger partial charge < -0.3 is 5.11 Å². The molecule has 0 bridgehead atoms. The van der Waals surface area contributed by atoms with Crippen molar-refractivity contribution in [3.8, 4) is 0 Å². The standard InChI is InChI=1S/C10H11ClO2/c1-2-7-4-3-5-8(10(12)13)9(7)6-11/h3-5H,2,6H2,1H3,(H,12,13). The van der Waals surface area contributed by atoms with Crippen molar-refractivity contribution in [1.29, 1.82) is 0 Å². The van der Waals surface area contributed by atoms with Gasteiger partial charge in [0.05, 0.1) is 5.56 Å². The maximum absolute atomic E-state index is 10.8. The highest BCUT2D eigenvalue weighted by Gasteiger charge is 2.11. The van der Waals surface area contributed by atoms with E-state index in [0.717, 1.165) is 17.5 Å². The first-order valence-electron chi connectivity index (χ1n) is 4.10. The summed E-state index contributed by atoms with van der Waals surface area (Å²) >= 11 is 5.70. The van der Waals surface area contributed by atoms with Crippen LogP contribution in [0.25, 0.3) is 0 Å². The van der Waals surface area contributed by atoms with Crippen LogP contribution in [0.4, 0.5) is 0 Å². The number of hydrogen-bond donors (Lipinski definition) is 1. The number of hydrogen-bond acceptors (Lipinski definition) is 1. The first kappa shape index (κ1) is 10.1. The van der Waals surface area contributed by atoms with Crippen LogP contribution in [0.3, 0.4) is 0 Å².